The molecule has 0 aromatic rings. The van der Waals surface area contributed by atoms with Gasteiger partial charge in [-0.1, -0.05) is 19.3 Å². The third kappa shape index (κ3) is 4.45. The summed E-state index contributed by atoms with van der Waals surface area (Å²) in [5.74, 6) is 0.302. The lowest BCUT2D eigenvalue weighted by atomic mass is 9.94. The second-order valence-electron chi connectivity index (χ2n) is 6.55. The second-order valence-corrected chi connectivity index (χ2v) is 6.55. The van der Waals surface area contributed by atoms with Crippen LogP contribution in [0.2, 0.25) is 0 Å². The Hall–Kier alpha value is -0.610. The molecule has 1 amide bonds. The van der Waals surface area contributed by atoms with Crippen molar-refractivity contribution < 1.29 is 4.79 Å². The zero-order valence-corrected chi connectivity index (χ0v) is 13.2. The highest BCUT2D eigenvalue weighted by Crippen LogP contribution is 2.22. The second kappa shape index (κ2) is 7.99. The van der Waals surface area contributed by atoms with E-state index >= 15 is 0 Å². The molecule has 4 nitrogen and oxygen atoms in total. The monoisotopic (exact) mass is 281 g/mol. The summed E-state index contributed by atoms with van der Waals surface area (Å²) in [7, 11) is 4.11. The maximum atomic E-state index is 12.4. The Bertz CT molecular complexity index is 294. The van der Waals surface area contributed by atoms with Crippen molar-refractivity contribution in [3.05, 3.63) is 0 Å². The predicted molar refractivity (Wildman–Crippen MR) is 82.8 cm³/mol. The summed E-state index contributed by atoms with van der Waals surface area (Å²) in [4.78, 5) is 16.7. The van der Waals surface area contributed by atoms with Crippen molar-refractivity contribution >= 4 is 5.91 Å². The average molecular weight is 281 g/mol. The summed E-state index contributed by atoms with van der Waals surface area (Å²) in [6, 6.07) is 1.05. The quantitative estimate of drug-likeness (QED) is 0.854. The summed E-state index contributed by atoms with van der Waals surface area (Å²) in [5, 5.41) is 3.44. The molecule has 0 aromatic heterocycles. The van der Waals surface area contributed by atoms with Crippen molar-refractivity contribution in [3.8, 4) is 0 Å². The summed E-state index contributed by atoms with van der Waals surface area (Å²) >= 11 is 0. The third-order valence-corrected chi connectivity index (χ3v) is 5.07. The van der Waals surface area contributed by atoms with E-state index in [4.69, 9.17) is 0 Å². The van der Waals surface area contributed by atoms with Crippen LogP contribution in [0, 0.1) is 0 Å². The first-order chi connectivity index (χ1) is 9.68. The van der Waals surface area contributed by atoms with Crippen LogP contribution in [0.4, 0.5) is 0 Å². The topological polar surface area (TPSA) is 35.6 Å². The molecule has 116 valence electrons. The van der Waals surface area contributed by atoms with Crippen LogP contribution < -0.4 is 5.32 Å². The first kappa shape index (κ1) is 15.8. The zero-order chi connectivity index (χ0) is 14.4. The number of amides is 1. The Morgan fingerprint density at radius 3 is 2.40 bits per heavy atom. The molecule has 1 saturated carbocycles. The number of hydrogen-bond donors (Lipinski definition) is 1. The first-order valence-electron chi connectivity index (χ1n) is 8.35. The van der Waals surface area contributed by atoms with Gasteiger partial charge in [-0.15, -0.1) is 0 Å². The van der Waals surface area contributed by atoms with E-state index in [0.29, 0.717) is 24.5 Å². The average Bonchev–Trinajstić information content (AvgIpc) is 2.76. The van der Waals surface area contributed by atoms with E-state index in [0.717, 1.165) is 19.5 Å². The molecule has 20 heavy (non-hydrogen) atoms. The van der Waals surface area contributed by atoms with Gasteiger partial charge in [-0.05, 0) is 52.2 Å². The van der Waals surface area contributed by atoms with Gasteiger partial charge in [-0.2, -0.15) is 0 Å². The van der Waals surface area contributed by atoms with Crippen LogP contribution in [0.3, 0.4) is 0 Å². The standard InChI is InChI=1S/C16H31N3O/c1-18(14-9-6-11-17-12-10-14)13-16(20)19(2)15-7-4-3-5-8-15/h14-15,17H,3-13H2,1-2H3. The van der Waals surface area contributed by atoms with Gasteiger partial charge >= 0.3 is 0 Å². The minimum Gasteiger partial charge on any atom is -0.342 e. The molecule has 4 heteroatoms. The lowest BCUT2D eigenvalue weighted by Gasteiger charge is -2.34. The predicted octanol–water partition coefficient (Wildman–Crippen LogP) is 1.85. The Labute approximate surface area is 123 Å². The van der Waals surface area contributed by atoms with Crippen LogP contribution in [-0.2, 0) is 4.79 Å². The molecular weight excluding hydrogens is 250 g/mol. The van der Waals surface area contributed by atoms with Crippen molar-refractivity contribution in [3.63, 3.8) is 0 Å². The van der Waals surface area contributed by atoms with Crippen LogP contribution in [0.5, 0.6) is 0 Å². The zero-order valence-electron chi connectivity index (χ0n) is 13.2. The highest BCUT2D eigenvalue weighted by atomic mass is 16.2. The molecular formula is C16H31N3O. The number of nitrogens with zero attached hydrogens (tertiary/aromatic N) is 2. The van der Waals surface area contributed by atoms with E-state index < -0.39 is 0 Å². The van der Waals surface area contributed by atoms with Gasteiger partial charge in [0.2, 0.25) is 5.91 Å². The molecule has 1 N–H and O–H groups in total. The fraction of sp³-hybridized carbons (Fsp3) is 0.938. The maximum absolute atomic E-state index is 12.4. The number of hydrogen-bond acceptors (Lipinski definition) is 3. The largest absolute Gasteiger partial charge is 0.342 e. The number of nitrogens with one attached hydrogen (secondary N) is 1. The van der Waals surface area contributed by atoms with Crippen LogP contribution in [0.25, 0.3) is 0 Å². The molecule has 0 bridgehead atoms. The molecule has 0 spiro atoms. The highest BCUT2D eigenvalue weighted by Gasteiger charge is 2.25. The summed E-state index contributed by atoms with van der Waals surface area (Å²) in [5.41, 5.74) is 0. The number of carbonyl (C=O) groups excluding carboxylic acids is 1. The molecule has 1 atom stereocenters. The van der Waals surface area contributed by atoms with E-state index in [1.165, 1.54) is 44.9 Å². The van der Waals surface area contributed by atoms with E-state index in [-0.39, 0.29) is 0 Å². The van der Waals surface area contributed by atoms with Crippen molar-refractivity contribution in [1.82, 2.24) is 15.1 Å². The van der Waals surface area contributed by atoms with Crippen LogP contribution in [0.1, 0.15) is 51.4 Å². The maximum Gasteiger partial charge on any atom is 0.236 e. The number of rotatable bonds is 4. The van der Waals surface area contributed by atoms with Crippen molar-refractivity contribution in [1.29, 1.82) is 0 Å². The Kier molecular flexibility index (Phi) is 6.30. The van der Waals surface area contributed by atoms with Gasteiger partial charge in [0.1, 0.15) is 0 Å². The molecule has 1 heterocycles. The molecule has 1 aliphatic heterocycles. The van der Waals surface area contributed by atoms with Gasteiger partial charge in [0.05, 0.1) is 6.54 Å². The van der Waals surface area contributed by atoms with Crippen molar-refractivity contribution in [2.24, 2.45) is 0 Å². The minimum absolute atomic E-state index is 0.302. The lowest BCUT2D eigenvalue weighted by molar-refractivity contribution is -0.134. The molecule has 2 aliphatic rings. The molecule has 2 fully saturated rings. The van der Waals surface area contributed by atoms with Gasteiger partial charge in [0, 0.05) is 19.1 Å². The van der Waals surface area contributed by atoms with Gasteiger partial charge in [-0.3, -0.25) is 9.69 Å². The van der Waals surface area contributed by atoms with Gasteiger partial charge < -0.3 is 10.2 Å². The van der Waals surface area contributed by atoms with Crippen LogP contribution in [0.15, 0.2) is 0 Å². The Morgan fingerprint density at radius 1 is 0.950 bits per heavy atom. The number of carbonyl (C=O) groups is 1. The molecule has 0 aromatic carbocycles. The summed E-state index contributed by atoms with van der Waals surface area (Å²) < 4.78 is 0. The normalized spacial score (nSPS) is 25.4. The number of likely N-dealkylation sites (N-methyl/N-ethyl adjacent to an activating group) is 2. The third-order valence-electron chi connectivity index (χ3n) is 5.07. The van der Waals surface area contributed by atoms with Gasteiger partial charge in [0.15, 0.2) is 0 Å². The van der Waals surface area contributed by atoms with Gasteiger partial charge in [0.25, 0.3) is 0 Å². The smallest absolute Gasteiger partial charge is 0.236 e. The summed E-state index contributed by atoms with van der Waals surface area (Å²) in [6.45, 7) is 2.79. The van der Waals surface area contributed by atoms with Crippen LogP contribution >= 0.6 is 0 Å². The molecule has 1 unspecified atom stereocenters. The van der Waals surface area contributed by atoms with E-state index in [1.807, 2.05) is 11.9 Å². The Morgan fingerprint density at radius 2 is 1.65 bits per heavy atom. The minimum atomic E-state index is 0.302. The fourth-order valence-electron chi connectivity index (χ4n) is 3.57. The first-order valence-corrected chi connectivity index (χ1v) is 8.35. The van der Waals surface area contributed by atoms with E-state index in [9.17, 15) is 4.79 Å². The summed E-state index contributed by atoms with van der Waals surface area (Å²) in [6.07, 6.45) is 9.90. The van der Waals surface area contributed by atoms with Crippen LogP contribution in [-0.4, -0.2) is 61.5 Å². The SMILES string of the molecule is CN(CC(=O)N(C)C1CCCCC1)C1CCCNCC1. The van der Waals surface area contributed by atoms with Gasteiger partial charge in [-0.25, -0.2) is 0 Å². The Balaban J connectivity index is 1.79. The van der Waals surface area contributed by atoms with E-state index in [2.05, 4.69) is 17.3 Å². The molecule has 1 saturated heterocycles. The molecule has 0 radical (unpaired) electrons. The fourth-order valence-corrected chi connectivity index (χ4v) is 3.57. The highest BCUT2D eigenvalue weighted by molar-refractivity contribution is 5.78. The van der Waals surface area contributed by atoms with Crippen molar-refractivity contribution in [2.75, 3.05) is 33.7 Å². The lowest BCUT2D eigenvalue weighted by Crippen LogP contribution is -2.45. The van der Waals surface area contributed by atoms with E-state index in [1.54, 1.807) is 0 Å². The molecule has 1 aliphatic carbocycles. The molecule has 2 rings (SSSR count). The van der Waals surface area contributed by atoms with Crippen molar-refractivity contribution in [2.45, 2.75) is 63.5 Å².